The van der Waals surface area contributed by atoms with Gasteiger partial charge in [0.05, 0.1) is 7.11 Å². The van der Waals surface area contributed by atoms with E-state index in [0.717, 1.165) is 16.9 Å². The van der Waals surface area contributed by atoms with Crippen LogP contribution >= 0.6 is 0 Å². The number of hydrogen-bond donors (Lipinski definition) is 1. The normalized spacial score (nSPS) is 12.0. The van der Waals surface area contributed by atoms with Gasteiger partial charge in [-0.15, -0.1) is 0 Å². The molecular weight excluding hydrogens is 358 g/mol. The highest BCUT2D eigenvalue weighted by atomic mass is 16.6. The molecule has 6 nitrogen and oxygen atoms in total. The molecule has 0 heterocycles. The highest BCUT2D eigenvalue weighted by Crippen LogP contribution is 2.16. The molecule has 0 aliphatic heterocycles. The third-order valence-corrected chi connectivity index (χ3v) is 3.79. The number of nitrogens with one attached hydrogen (secondary N) is 1. The minimum atomic E-state index is -0.837. The van der Waals surface area contributed by atoms with E-state index in [9.17, 15) is 9.59 Å². The monoisotopic (exact) mass is 385 g/mol. The molecular formula is C22H27NO5. The second-order valence-electron chi connectivity index (χ2n) is 7.34. The quantitative estimate of drug-likeness (QED) is 0.733. The van der Waals surface area contributed by atoms with Crippen molar-refractivity contribution in [1.29, 1.82) is 0 Å². The Balaban J connectivity index is 1.96. The van der Waals surface area contributed by atoms with E-state index in [1.54, 1.807) is 20.8 Å². The summed E-state index contributed by atoms with van der Waals surface area (Å²) in [5.41, 5.74) is 1.29. The summed E-state index contributed by atoms with van der Waals surface area (Å²) in [6, 6.07) is 16.4. The number of rotatable bonds is 7. The van der Waals surface area contributed by atoms with Crippen LogP contribution in [-0.2, 0) is 27.3 Å². The summed E-state index contributed by atoms with van der Waals surface area (Å²) in [6.45, 7) is 5.75. The van der Waals surface area contributed by atoms with Gasteiger partial charge in [0.1, 0.15) is 24.0 Å². The van der Waals surface area contributed by atoms with Gasteiger partial charge in [0.25, 0.3) is 0 Å². The second-order valence-corrected chi connectivity index (χ2v) is 7.34. The number of esters is 1. The maximum atomic E-state index is 12.0. The highest BCUT2D eigenvalue weighted by Gasteiger charge is 2.25. The molecule has 2 rings (SSSR count). The van der Waals surface area contributed by atoms with Crippen molar-refractivity contribution in [3.63, 3.8) is 0 Å². The minimum absolute atomic E-state index is 0.283. The molecule has 1 N–H and O–H groups in total. The van der Waals surface area contributed by atoms with Gasteiger partial charge in [-0.3, -0.25) is 0 Å². The van der Waals surface area contributed by atoms with Crippen LogP contribution in [0.1, 0.15) is 31.9 Å². The van der Waals surface area contributed by atoms with Crippen molar-refractivity contribution in [3.8, 4) is 5.75 Å². The van der Waals surface area contributed by atoms with Gasteiger partial charge in [0.2, 0.25) is 0 Å². The molecule has 0 aliphatic carbocycles. The largest absolute Gasteiger partial charge is 0.489 e. The van der Waals surface area contributed by atoms with Crippen molar-refractivity contribution in [2.24, 2.45) is 0 Å². The van der Waals surface area contributed by atoms with Crippen LogP contribution in [0.2, 0.25) is 0 Å². The zero-order valence-corrected chi connectivity index (χ0v) is 16.7. The summed E-state index contributed by atoms with van der Waals surface area (Å²) in [6.07, 6.45) is -0.379. The molecule has 0 unspecified atom stereocenters. The predicted octanol–water partition coefficient (Wildman–Crippen LogP) is 3.87. The third kappa shape index (κ3) is 7.31. The van der Waals surface area contributed by atoms with Gasteiger partial charge in [-0.2, -0.15) is 0 Å². The van der Waals surface area contributed by atoms with Crippen molar-refractivity contribution in [2.75, 3.05) is 7.11 Å². The van der Waals surface area contributed by atoms with Crippen molar-refractivity contribution in [2.45, 2.75) is 45.4 Å². The Bertz CT molecular complexity index is 766. The summed E-state index contributed by atoms with van der Waals surface area (Å²) in [5, 5.41) is 2.57. The van der Waals surface area contributed by atoms with E-state index in [-0.39, 0.29) is 6.42 Å². The van der Waals surface area contributed by atoms with E-state index in [1.807, 2.05) is 54.6 Å². The topological polar surface area (TPSA) is 73.9 Å². The molecule has 28 heavy (non-hydrogen) atoms. The fourth-order valence-corrected chi connectivity index (χ4v) is 2.48. The third-order valence-electron chi connectivity index (χ3n) is 3.79. The average Bonchev–Trinajstić information content (AvgIpc) is 2.65. The first-order valence-electron chi connectivity index (χ1n) is 9.10. The van der Waals surface area contributed by atoms with E-state index >= 15 is 0 Å². The maximum absolute atomic E-state index is 12.0. The van der Waals surface area contributed by atoms with Crippen LogP contribution in [0.15, 0.2) is 54.6 Å². The van der Waals surface area contributed by atoms with Crippen LogP contribution in [-0.4, -0.2) is 30.8 Å². The molecule has 0 radical (unpaired) electrons. The summed E-state index contributed by atoms with van der Waals surface area (Å²) < 4.78 is 15.8. The Morgan fingerprint density at radius 1 is 0.964 bits per heavy atom. The molecule has 2 aromatic rings. The van der Waals surface area contributed by atoms with Gasteiger partial charge in [0, 0.05) is 6.42 Å². The SMILES string of the molecule is COC(=O)[C@@H](Cc1ccc(OCc2ccccc2)cc1)NC(=O)OC(C)(C)C. The number of carbonyl (C=O) groups excluding carboxylic acids is 2. The average molecular weight is 385 g/mol. The van der Waals surface area contributed by atoms with Crippen LogP contribution in [0.25, 0.3) is 0 Å². The summed E-state index contributed by atoms with van der Waals surface area (Å²) in [5.74, 6) is 0.192. The zero-order chi connectivity index (χ0) is 20.6. The van der Waals surface area contributed by atoms with Crippen molar-refractivity contribution < 1.29 is 23.8 Å². The first kappa shape index (κ1) is 21.3. The molecule has 0 aromatic heterocycles. The van der Waals surface area contributed by atoms with E-state index in [1.165, 1.54) is 7.11 Å². The molecule has 0 saturated heterocycles. The fourth-order valence-electron chi connectivity index (χ4n) is 2.48. The molecule has 0 bridgehead atoms. The van der Waals surface area contributed by atoms with Gasteiger partial charge in [-0.1, -0.05) is 42.5 Å². The Morgan fingerprint density at radius 2 is 1.61 bits per heavy atom. The number of methoxy groups -OCH3 is 1. The molecule has 0 spiro atoms. The lowest BCUT2D eigenvalue weighted by Crippen LogP contribution is -2.45. The molecule has 0 saturated carbocycles. The summed E-state index contributed by atoms with van der Waals surface area (Å²) in [4.78, 5) is 24.0. The van der Waals surface area contributed by atoms with E-state index in [0.29, 0.717) is 6.61 Å². The van der Waals surface area contributed by atoms with Crippen molar-refractivity contribution in [1.82, 2.24) is 5.32 Å². The molecule has 2 aromatic carbocycles. The standard InChI is InChI=1S/C22H27NO5/c1-22(2,3)28-21(25)23-19(20(24)26-4)14-16-10-12-18(13-11-16)27-15-17-8-6-5-7-9-17/h5-13,19H,14-15H2,1-4H3,(H,23,25)/t19-/m1/s1. The molecule has 0 fully saturated rings. The number of carbonyl (C=O) groups is 2. The van der Waals surface area contributed by atoms with Gasteiger partial charge in [-0.25, -0.2) is 9.59 Å². The van der Waals surface area contributed by atoms with E-state index in [2.05, 4.69) is 5.32 Å². The van der Waals surface area contributed by atoms with E-state index in [4.69, 9.17) is 14.2 Å². The molecule has 0 aliphatic rings. The van der Waals surface area contributed by atoms with E-state index < -0.39 is 23.7 Å². The predicted molar refractivity (Wildman–Crippen MR) is 106 cm³/mol. The van der Waals surface area contributed by atoms with Crippen LogP contribution in [0, 0.1) is 0 Å². The molecule has 1 atom stereocenters. The lowest BCUT2D eigenvalue weighted by atomic mass is 10.1. The Morgan fingerprint density at radius 3 is 2.18 bits per heavy atom. The number of hydrogen-bond acceptors (Lipinski definition) is 5. The van der Waals surface area contributed by atoms with Gasteiger partial charge >= 0.3 is 12.1 Å². The number of alkyl carbamates (subject to hydrolysis) is 1. The van der Waals surface area contributed by atoms with Crippen LogP contribution in [0.3, 0.4) is 0 Å². The Labute approximate surface area is 165 Å². The lowest BCUT2D eigenvalue weighted by Gasteiger charge is -2.22. The molecule has 6 heteroatoms. The highest BCUT2D eigenvalue weighted by molar-refractivity contribution is 5.81. The Kier molecular flexibility index (Phi) is 7.44. The number of ether oxygens (including phenoxy) is 3. The lowest BCUT2D eigenvalue weighted by molar-refractivity contribution is -0.143. The van der Waals surface area contributed by atoms with Gasteiger partial charge in [0.15, 0.2) is 0 Å². The van der Waals surface area contributed by atoms with Gasteiger partial charge < -0.3 is 19.5 Å². The van der Waals surface area contributed by atoms with Gasteiger partial charge in [-0.05, 0) is 44.0 Å². The first-order valence-corrected chi connectivity index (χ1v) is 9.10. The number of amides is 1. The second kappa shape index (κ2) is 9.78. The minimum Gasteiger partial charge on any atom is -0.489 e. The summed E-state index contributed by atoms with van der Waals surface area (Å²) in [7, 11) is 1.28. The fraction of sp³-hybridized carbons (Fsp3) is 0.364. The first-order chi connectivity index (χ1) is 13.3. The van der Waals surface area contributed by atoms with Crippen molar-refractivity contribution >= 4 is 12.1 Å². The Hall–Kier alpha value is -3.02. The zero-order valence-electron chi connectivity index (χ0n) is 16.7. The molecule has 150 valence electrons. The van der Waals surface area contributed by atoms with Crippen LogP contribution < -0.4 is 10.1 Å². The van der Waals surface area contributed by atoms with Crippen LogP contribution in [0.4, 0.5) is 4.79 Å². The maximum Gasteiger partial charge on any atom is 0.408 e. The smallest absolute Gasteiger partial charge is 0.408 e. The van der Waals surface area contributed by atoms with Crippen molar-refractivity contribution in [3.05, 3.63) is 65.7 Å². The number of benzene rings is 2. The summed E-state index contributed by atoms with van der Waals surface area (Å²) >= 11 is 0. The van der Waals surface area contributed by atoms with Crippen LogP contribution in [0.5, 0.6) is 5.75 Å². The molecule has 1 amide bonds.